The lowest BCUT2D eigenvalue weighted by Gasteiger charge is -2.13. The van der Waals surface area contributed by atoms with Crippen molar-refractivity contribution in [3.63, 3.8) is 0 Å². The molecule has 0 saturated heterocycles. The first kappa shape index (κ1) is 20.2. The molecule has 1 heterocycles. The SMILES string of the molecule is Cc1cc(OCCn2c(CNC(=O)C(C)C)nc3ccccc32)cc(C)c1Cl. The van der Waals surface area contributed by atoms with Crippen LogP contribution in [0.4, 0.5) is 0 Å². The third-order valence-electron chi connectivity index (χ3n) is 4.67. The van der Waals surface area contributed by atoms with Crippen molar-refractivity contribution in [2.24, 2.45) is 5.92 Å². The highest BCUT2D eigenvalue weighted by atomic mass is 35.5. The van der Waals surface area contributed by atoms with Gasteiger partial charge in [-0.3, -0.25) is 4.79 Å². The van der Waals surface area contributed by atoms with Crippen LogP contribution in [0.15, 0.2) is 36.4 Å². The number of ether oxygens (including phenoxy) is 1. The fourth-order valence-electron chi connectivity index (χ4n) is 3.12. The number of rotatable bonds is 7. The second-order valence-corrected chi connectivity index (χ2v) is 7.64. The molecule has 0 aliphatic rings. The molecular formula is C22H26ClN3O2. The predicted molar refractivity (Wildman–Crippen MR) is 113 cm³/mol. The van der Waals surface area contributed by atoms with Crippen LogP contribution in [0.3, 0.4) is 0 Å². The number of para-hydroxylation sites is 2. The lowest BCUT2D eigenvalue weighted by Crippen LogP contribution is -2.28. The van der Waals surface area contributed by atoms with Crippen molar-refractivity contribution in [1.29, 1.82) is 0 Å². The Morgan fingerprint density at radius 1 is 1.21 bits per heavy atom. The molecule has 3 aromatic rings. The zero-order valence-corrected chi connectivity index (χ0v) is 17.5. The molecule has 148 valence electrons. The Kier molecular flexibility index (Phi) is 6.25. The Labute approximate surface area is 170 Å². The van der Waals surface area contributed by atoms with Crippen LogP contribution in [0.2, 0.25) is 5.02 Å². The molecule has 2 aromatic carbocycles. The standard InChI is InChI=1S/C22H26ClN3O2/c1-14(2)22(27)24-13-20-25-18-7-5-6-8-19(18)26(20)9-10-28-17-11-15(3)21(23)16(4)12-17/h5-8,11-12,14H,9-10,13H2,1-4H3,(H,24,27). The van der Waals surface area contributed by atoms with E-state index >= 15 is 0 Å². The second-order valence-electron chi connectivity index (χ2n) is 7.26. The molecule has 0 bridgehead atoms. The molecule has 0 spiro atoms. The number of hydrogen-bond donors (Lipinski definition) is 1. The number of aromatic nitrogens is 2. The summed E-state index contributed by atoms with van der Waals surface area (Å²) in [6.07, 6.45) is 0. The maximum Gasteiger partial charge on any atom is 0.222 e. The van der Waals surface area contributed by atoms with Crippen LogP contribution < -0.4 is 10.1 Å². The number of benzene rings is 2. The van der Waals surface area contributed by atoms with Crippen molar-refractivity contribution < 1.29 is 9.53 Å². The van der Waals surface area contributed by atoms with Gasteiger partial charge in [-0.15, -0.1) is 0 Å². The largest absolute Gasteiger partial charge is 0.492 e. The van der Waals surface area contributed by atoms with E-state index in [1.807, 2.05) is 64.1 Å². The number of imidazole rings is 1. The predicted octanol–water partition coefficient (Wildman–Crippen LogP) is 4.66. The van der Waals surface area contributed by atoms with Gasteiger partial charge < -0.3 is 14.6 Å². The van der Waals surface area contributed by atoms with Crippen molar-refractivity contribution in [2.75, 3.05) is 6.61 Å². The first-order valence-corrected chi connectivity index (χ1v) is 9.86. The topological polar surface area (TPSA) is 56.1 Å². The Bertz CT molecular complexity index is 972. The smallest absolute Gasteiger partial charge is 0.222 e. The van der Waals surface area contributed by atoms with E-state index in [1.54, 1.807) is 0 Å². The van der Waals surface area contributed by atoms with Gasteiger partial charge in [-0.25, -0.2) is 4.98 Å². The summed E-state index contributed by atoms with van der Waals surface area (Å²) in [5.74, 6) is 1.58. The average Bonchev–Trinajstić information content (AvgIpc) is 3.01. The molecule has 0 aliphatic heterocycles. The highest BCUT2D eigenvalue weighted by Gasteiger charge is 2.13. The van der Waals surface area contributed by atoms with E-state index in [2.05, 4.69) is 14.9 Å². The summed E-state index contributed by atoms with van der Waals surface area (Å²) in [5, 5.41) is 3.73. The number of carbonyl (C=O) groups excluding carboxylic acids is 1. The van der Waals surface area contributed by atoms with Crippen LogP contribution in [-0.2, 0) is 17.9 Å². The highest BCUT2D eigenvalue weighted by Crippen LogP contribution is 2.26. The number of halogens is 1. The van der Waals surface area contributed by atoms with Crippen LogP contribution >= 0.6 is 11.6 Å². The van der Waals surface area contributed by atoms with Crippen molar-refractivity contribution in [1.82, 2.24) is 14.9 Å². The monoisotopic (exact) mass is 399 g/mol. The summed E-state index contributed by atoms with van der Waals surface area (Å²) in [4.78, 5) is 16.6. The number of nitrogens with one attached hydrogen (secondary N) is 1. The zero-order valence-electron chi connectivity index (χ0n) is 16.8. The average molecular weight is 400 g/mol. The first-order chi connectivity index (χ1) is 13.4. The minimum Gasteiger partial charge on any atom is -0.492 e. The first-order valence-electron chi connectivity index (χ1n) is 9.48. The van der Waals surface area contributed by atoms with Crippen LogP contribution in [0.1, 0.15) is 30.8 Å². The Morgan fingerprint density at radius 2 is 1.89 bits per heavy atom. The number of aryl methyl sites for hydroxylation is 2. The van der Waals surface area contributed by atoms with Gasteiger partial charge in [-0.1, -0.05) is 37.6 Å². The van der Waals surface area contributed by atoms with E-state index < -0.39 is 0 Å². The van der Waals surface area contributed by atoms with Crippen LogP contribution in [-0.4, -0.2) is 22.1 Å². The molecule has 1 aromatic heterocycles. The second kappa shape index (κ2) is 8.65. The fraction of sp³-hybridized carbons (Fsp3) is 0.364. The third-order valence-corrected chi connectivity index (χ3v) is 5.27. The summed E-state index contributed by atoms with van der Waals surface area (Å²) in [5.41, 5.74) is 3.95. The van der Waals surface area contributed by atoms with Gasteiger partial charge in [0.25, 0.3) is 0 Å². The molecule has 1 N–H and O–H groups in total. The number of amides is 1. The molecule has 28 heavy (non-hydrogen) atoms. The molecule has 0 saturated carbocycles. The van der Waals surface area contributed by atoms with Crippen LogP contribution in [0.25, 0.3) is 11.0 Å². The highest BCUT2D eigenvalue weighted by molar-refractivity contribution is 6.32. The number of fused-ring (bicyclic) bond motifs is 1. The Balaban J connectivity index is 1.76. The Hall–Kier alpha value is -2.53. The number of carbonyl (C=O) groups is 1. The molecule has 0 unspecified atom stereocenters. The minimum atomic E-state index is -0.0578. The molecule has 3 rings (SSSR count). The maximum absolute atomic E-state index is 11.9. The fourth-order valence-corrected chi connectivity index (χ4v) is 3.23. The van der Waals surface area contributed by atoms with Gasteiger partial charge in [0.05, 0.1) is 24.1 Å². The van der Waals surface area contributed by atoms with Gasteiger partial charge in [0.15, 0.2) is 0 Å². The maximum atomic E-state index is 11.9. The van der Waals surface area contributed by atoms with Gasteiger partial charge >= 0.3 is 0 Å². The molecule has 6 heteroatoms. The van der Waals surface area contributed by atoms with Gasteiger partial charge in [0.2, 0.25) is 5.91 Å². The molecule has 0 radical (unpaired) electrons. The molecule has 5 nitrogen and oxygen atoms in total. The molecule has 1 amide bonds. The summed E-state index contributed by atoms with van der Waals surface area (Å²) >= 11 is 6.23. The Morgan fingerprint density at radius 3 is 2.57 bits per heavy atom. The molecule has 0 aliphatic carbocycles. The van der Waals surface area contributed by atoms with E-state index in [1.165, 1.54) is 0 Å². The summed E-state index contributed by atoms with van der Waals surface area (Å²) < 4.78 is 8.07. The van der Waals surface area contributed by atoms with Gasteiger partial charge in [0.1, 0.15) is 18.2 Å². The minimum absolute atomic E-state index is 0.0157. The van der Waals surface area contributed by atoms with E-state index in [9.17, 15) is 4.79 Å². The van der Waals surface area contributed by atoms with Gasteiger partial charge in [-0.05, 0) is 49.2 Å². The van der Waals surface area contributed by atoms with E-state index in [-0.39, 0.29) is 11.8 Å². The van der Waals surface area contributed by atoms with Crippen molar-refractivity contribution in [3.8, 4) is 5.75 Å². The van der Waals surface area contributed by atoms with Crippen molar-refractivity contribution in [3.05, 3.63) is 58.4 Å². The lowest BCUT2D eigenvalue weighted by atomic mass is 10.1. The van der Waals surface area contributed by atoms with Crippen LogP contribution in [0.5, 0.6) is 5.75 Å². The molecular weight excluding hydrogens is 374 g/mol. The quantitative estimate of drug-likeness (QED) is 0.628. The van der Waals surface area contributed by atoms with Gasteiger partial charge in [-0.2, -0.15) is 0 Å². The van der Waals surface area contributed by atoms with E-state index in [4.69, 9.17) is 16.3 Å². The normalized spacial score (nSPS) is 11.2. The molecule has 0 fully saturated rings. The summed E-state index contributed by atoms with van der Waals surface area (Å²) in [7, 11) is 0. The summed E-state index contributed by atoms with van der Waals surface area (Å²) in [6, 6.07) is 11.9. The van der Waals surface area contributed by atoms with Crippen LogP contribution in [0, 0.1) is 19.8 Å². The number of hydrogen-bond acceptors (Lipinski definition) is 3. The van der Waals surface area contributed by atoms with Crippen molar-refractivity contribution in [2.45, 2.75) is 40.8 Å². The molecule has 0 atom stereocenters. The van der Waals surface area contributed by atoms with E-state index in [0.717, 1.165) is 38.8 Å². The van der Waals surface area contributed by atoms with E-state index in [0.29, 0.717) is 19.7 Å². The number of nitrogens with zero attached hydrogens (tertiary/aromatic N) is 2. The summed E-state index contributed by atoms with van der Waals surface area (Å²) in [6.45, 7) is 9.22. The third kappa shape index (κ3) is 4.47. The zero-order chi connectivity index (χ0) is 20.3. The van der Waals surface area contributed by atoms with Crippen molar-refractivity contribution >= 4 is 28.5 Å². The lowest BCUT2D eigenvalue weighted by molar-refractivity contribution is -0.124. The van der Waals surface area contributed by atoms with Gasteiger partial charge in [0, 0.05) is 10.9 Å².